The van der Waals surface area contributed by atoms with E-state index in [1.54, 1.807) is 0 Å². The van der Waals surface area contributed by atoms with Crippen molar-refractivity contribution in [3.05, 3.63) is 59.7 Å². The number of carbonyl (C=O) groups excluding carboxylic acids is 2. The van der Waals surface area contributed by atoms with Gasteiger partial charge >= 0.3 is 12.1 Å². The van der Waals surface area contributed by atoms with Gasteiger partial charge in [-0.2, -0.15) is 0 Å². The van der Waals surface area contributed by atoms with Crippen molar-refractivity contribution in [2.75, 3.05) is 12.4 Å². The number of carboxylic acid groups (broad SMARTS) is 1. The highest BCUT2D eigenvalue weighted by Gasteiger charge is 2.39. The number of nitrogens with zero attached hydrogens (tertiary/aromatic N) is 1. The molecule has 2 unspecified atom stereocenters. The second kappa shape index (κ2) is 9.70. The molecule has 1 aliphatic carbocycles. The molecule has 2 aliphatic rings. The summed E-state index contributed by atoms with van der Waals surface area (Å²) >= 11 is 1.46. The summed E-state index contributed by atoms with van der Waals surface area (Å²) in [6.45, 7) is 5.72. The Balaban J connectivity index is 1.32. The molecule has 2 amide bonds. The molecule has 2 aromatic carbocycles. The Morgan fingerprint density at radius 2 is 1.68 bits per heavy atom. The maximum Gasteiger partial charge on any atom is 0.407 e. The number of thioether (sulfide) groups is 1. The summed E-state index contributed by atoms with van der Waals surface area (Å²) in [6, 6.07) is 15.5. The van der Waals surface area contributed by atoms with E-state index in [9.17, 15) is 19.5 Å². The number of alkyl carbamates (subject to hydrolysis) is 1. The lowest BCUT2D eigenvalue weighted by Crippen LogP contribution is -2.47. The van der Waals surface area contributed by atoms with Gasteiger partial charge in [-0.25, -0.2) is 9.59 Å². The number of benzene rings is 2. The minimum atomic E-state index is -0.985. The van der Waals surface area contributed by atoms with Crippen molar-refractivity contribution in [1.29, 1.82) is 0 Å². The van der Waals surface area contributed by atoms with Crippen LogP contribution in [0.25, 0.3) is 11.1 Å². The van der Waals surface area contributed by atoms with Crippen molar-refractivity contribution in [3.63, 3.8) is 0 Å². The average molecular weight is 483 g/mol. The van der Waals surface area contributed by atoms with Gasteiger partial charge in [0.15, 0.2) is 0 Å². The van der Waals surface area contributed by atoms with E-state index < -0.39 is 23.6 Å². The Labute approximate surface area is 203 Å². The van der Waals surface area contributed by atoms with Crippen LogP contribution >= 0.6 is 11.8 Å². The Bertz CT molecular complexity index is 1060. The maximum atomic E-state index is 12.7. The van der Waals surface area contributed by atoms with E-state index in [1.807, 2.05) is 45.0 Å². The highest BCUT2D eigenvalue weighted by atomic mass is 32.2. The summed E-state index contributed by atoms with van der Waals surface area (Å²) in [5, 5.41) is 12.1. The zero-order valence-electron chi connectivity index (χ0n) is 19.6. The zero-order chi connectivity index (χ0) is 24.5. The van der Waals surface area contributed by atoms with Crippen LogP contribution in [0.15, 0.2) is 48.5 Å². The molecule has 0 radical (unpaired) electrons. The van der Waals surface area contributed by atoms with Crippen LogP contribution in [0, 0.1) is 0 Å². The molecule has 2 atom stereocenters. The van der Waals surface area contributed by atoms with Crippen LogP contribution in [0.3, 0.4) is 0 Å². The van der Waals surface area contributed by atoms with E-state index in [2.05, 4.69) is 29.6 Å². The normalized spacial score (nSPS) is 19.4. The first-order valence-electron chi connectivity index (χ1n) is 11.5. The molecule has 1 heterocycles. The van der Waals surface area contributed by atoms with E-state index in [1.165, 1.54) is 27.8 Å². The average Bonchev–Trinajstić information content (AvgIpc) is 3.34. The van der Waals surface area contributed by atoms with Crippen LogP contribution in [0.2, 0.25) is 0 Å². The standard InChI is InChI=1S/C26H30N2O5S/c1-16-28(22(15-34-16)24(30)31)23(29)12-13-26(2,3)27-25(32)33-14-21-19-10-6-4-8-17(19)18-9-5-7-11-20(18)21/h4-11,16,21-22H,12-15H2,1-3H3,(H,27,32)(H,30,31). The summed E-state index contributed by atoms with van der Waals surface area (Å²) in [6.07, 6.45) is -0.0190. The topological polar surface area (TPSA) is 95.9 Å². The third kappa shape index (κ3) is 4.92. The van der Waals surface area contributed by atoms with Crippen LogP contribution in [0.1, 0.15) is 50.7 Å². The molecular weight excluding hydrogens is 452 g/mol. The number of carbonyl (C=O) groups is 3. The van der Waals surface area contributed by atoms with Crippen LogP contribution in [0.5, 0.6) is 0 Å². The van der Waals surface area contributed by atoms with Crippen molar-refractivity contribution < 1.29 is 24.2 Å². The molecule has 0 saturated carbocycles. The van der Waals surface area contributed by atoms with Gasteiger partial charge in [-0.3, -0.25) is 4.79 Å². The van der Waals surface area contributed by atoms with Crippen LogP contribution in [0.4, 0.5) is 4.79 Å². The lowest BCUT2D eigenvalue weighted by Gasteiger charge is -2.29. The smallest absolute Gasteiger partial charge is 0.407 e. The lowest BCUT2D eigenvalue weighted by atomic mass is 9.97. The van der Waals surface area contributed by atoms with Gasteiger partial charge in [0.05, 0.1) is 5.37 Å². The Morgan fingerprint density at radius 1 is 1.09 bits per heavy atom. The Hall–Kier alpha value is -3.00. The number of aliphatic carboxylic acids is 1. The fourth-order valence-corrected chi connectivity index (χ4v) is 5.92. The number of ether oxygens (including phenoxy) is 1. The van der Waals surface area contributed by atoms with E-state index in [0.29, 0.717) is 12.2 Å². The van der Waals surface area contributed by atoms with Gasteiger partial charge in [0.1, 0.15) is 12.6 Å². The molecule has 2 N–H and O–H groups in total. The van der Waals surface area contributed by atoms with Crippen molar-refractivity contribution in [3.8, 4) is 11.1 Å². The van der Waals surface area contributed by atoms with Gasteiger partial charge < -0.3 is 20.1 Å². The van der Waals surface area contributed by atoms with Crippen molar-refractivity contribution in [2.24, 2.45) is 0 Å². The predicted molar refractivity (Wildman–Crippen MR) is 132 cm³/mol. The third-order valence-electron chi connectivity index (χ3n) is 6.54. The fourth-order valence-electron chi connectivity index (χ4n) is 4.73. The first kappa shape index (κ1) is 24.1. The van der Waals surface area contributed by atoms with Crippen molar-refractivity contribution in [1.82, 2.24) is 10.2 Å². The third-order valence-corrected chi connectivity index (χ3v) is 7.76. The molecule has 0 aromatic heterocycles. The second-order valence-corrected chi connectivity index (χ2v) is 10.8. The van der Waals surface area contributed by atoms with Gasteiger partial charge in [0.25, 0.3) is 0 Å². The van der Waals surface area contributed by atoms with E-state index in [-0.39, 0.29) is 30.2 Å². The summed E-state index contributed by atoms with van der Waals surface area (Å²) in [5.74, 6) is -0.831. The first-order chi connectivity index (χ1) is 16.2. The van der Waals surface area contributed by atoms with Gasteiger partial charge in [0, 0.05) is 23.6 Å². The summed E-state index contributed by atoms with van der Waals surface area (Å²) in [4.78, 5) is 38.3. The van der Waals surface area contributed by atoms with E-state index in [4.69, 9.17) is 4.74 Å². The number of hydrogen-bond acceptors (Lipinski definition) is 5. The van der Waals surface area contributed by atoms with Crippen LogP contribution in [-0.2, 0) is 14.3 Å². The van der Waals surface area contributed by atoms with E-state index in [0.717, 1.165) is 11.1 Å². The van der Waals surface area contributed by atoms with Gasteiger partial charge in [-0.1, -0.05) is 48.5 Å². The monoisotopic (exact) mass is 482 g/mol. The quantitative estimate of drug-likeness (QED) is 0.605. The summed E-state index contributed by atoms with van der Waals surface area (Å²) < 4.78 is 5.62. The largest absolute Gasteiger partial charge is 0.480 e. The predicted octanol–water partition coefficient (Wildman–Crippen LogP) is 4.46. The first-order valence-corrected chi connectivity index (χ1v) is 12.5. The number of fused-ring (bicyclic) bond motifs is 3. The molecular formula is C26H30N2O5S. The molecule has 180 valence electrons. The van der Waals surface area contributed by atoms with E-state index >= 15 is 0 Å². The summed E-state index contributed by atoms with van der Waals surface area (Å²) in [5.41, 5.74) is 3.94. The van der Waals surface area contributed by atoms with Crippen LogP contribution in [-0.4, -0.2) is 57.3 Å². The fraction of sp³-hybridized carbons (Fsp3) is 0.423. The molecule has 1 saturated heterocycles. The molecule has 1 fully saturated rings. The van der Waals surface area contributed by atoms with Crippen molar-refractivity contribution >= 4 is 29.7 Å². The molecule has 0 bridgehead atoms. The Kier molecular flexibility index (Phi) is 6.89. The maximum absolute atomic E-state index is 12.7. The number of rotatable bonds is 7. The minimum absolute atomic E-state index is 0.0232. The highest BCUT2D eigenvalue weighted by Crippen LogP contribution is 2.44. The molecule has 34 heavy (non-hydrogen) atoms. The molecule has 4 rings (SSSR count). The number of carboxylic acids is 1. The second-order valence-electron chi connectivity index (χ2n) is 9.42. The van der Waals surface area contributed by atoms with Gasteiger partial charge in [-0.15, -0.1) is 11.8 Å². The zero-order valence-corrected chi connectivity index (χ0v) is 20.4. The minimum Gasteiger partial charge on any atom is -0.480 e. The lowest BCUT2D eigenvalue weighted by molar-refractivity contribution is -0.149. The number of hydrogen-bond donors (Lipinski definition) is 2. The summed E-state index contributed by atoms with van der Waals surface area (Å²) in [7, 11) is 0. The SMILES string of the molecule is CC1SCC(C(=O)O)N1C(=O)CCC(C)(C)NC(=O)OCC1c2ccccc2-c2ccccc21. The number of amides is 2. The van der Waals surface area contributed by atoms with Gasteiger partial charge in [-0.05, 0) is 49.4 Å². The van der Waals surface area contributed by atoms with Crippen LogP contribution < -0.4 is 5.32 Å². The molecule has 0 spiro atoms. The Morgan fingerprint density at radius 3 is 2.26 bits per heavy atom. The molecule has 8 heteroatoms. The highest BCUT2D eigenvalue weighted by molar-refractivity contribution is 8.00. The van der Waals surface area contributed by atoms with Crippen molar-refractivity contribution in [2.45, 2.75) is 56.5 Å². The number of nitrogens with one attached hydrogen (secondary N) is 1. The molecule has 1 aliphatic heterocycles. The van der Waals surface area contributed by atoms with Gasteiger partial charge in [0.2, 0.25) is 5.91 Å². The molecule has 7 nitrogen and oxygen atoms in total. The molecule has 2 aromatic rings.